The van der Waals surface area contributed by atoms with E-state index in [9.17, 15) is 36.9 Å². The van der Waals surface area contributed by atoms with E-state index in [4.69, 9.17) is 9.47 Å². The minimum Gasteiger partial charge on any atom is -0.748 e. The summed E-state index contributed by atoms with van der Waals surface area (Å²) in [5, 5.41) is 6.79. The molecule has 17 nitrogen and oxygen atoms in total. The molecule has 0 unspecified atom stereocenters. The molecule has 310 valence electrons. The number of H-pyrrole nitrogens is 1. The number of benzene rings is 3. The quantitative estimate of drug-likeness (QED) is 0.0302. The second-order valence-corrected chi connectivity index (χ2v) is 15.7. The second-order valence-electron chi connectivity index (χ2n) is 14.2. The Balaban J connectivity index is 0.978. The van der Waals surface area contributed by atoms with Gasteiger partial charge in [-0.3, -0.25) is 23.5 Å². The predicted octanol–water partition coefficient (Wildman–Crippen LogP) is 2.21. The number of imidazole rings is 1. The van der Waals surface area contributed by atoms with E-state index in [0.717, 1.165) is 4.57 Å². The van der Waals surface area contributed by atoms with Gasteiger partial charge in [-0.15, -0.1) is 0 Å². The smallest absolute Gasteiger partial charge is 0.345 e. The molecule has 0 atom stereocenters. The second kappa shape index (κ2) is 18.1. The Bertz CT molecular complexity index is 2750. The number of aromatic amines is 1. The molecule has 2 amide bonds. The summed E-state index contributed by atoms with van der Waals surface area (Å²) in [6.45, 7) is 4.67. The van der Waals surface area contributed by atoms with Gasteiger partial charge in [0.25, 0.3) is 11.5 Å². The van der Waals surface area contributed by atoms with Crippen LogP contribution in [0.5, 0.6) is 5.75 Å². The summed E-state index contributed by atoms with van der Waals surface area (Å²) in [5.41, 5.74) is 2.78. The first-order chi connectivity index (χ1) is 28.1. The molecule has 0 radical (unpaired) electrons. The number of nitrogens with zero attached hydrogens (tertiary/aromatic N) is 4. The van der Waals surface area contributed by atoms with Crippen LogP contribution >= 0.6 is 0 Å². The molecule has 3 N–H and O–H groups in total. The van der Waals surface area contributed by atoms with Gasteiger partial charge in [0.15, 0.2) is 12.2 Å². The molecule has 0 spiro atoms. The average molecular weight is 828 g/mol. The molecule has 0 aliphatic rings. The van der Waals surface area contributed by atoms with Crippen molar-refractivity contribution in [2.75, 3.05) is 32.1 Å². The van der Waals surface area contributed by atoms with Crippen molar-refractivity contribution in [2.24, 2.45) is 14.1 Å². The number of nitrogens with one attached hydrogen (secondary N) is 3. The normalized spacial score (nSPS) is 11.7. The van der Waals surface area contributed by atoms with E-state index in [-0.39, 0.29) is 68.7 Å². The van der Waals surface area contributed by atoms with Crippen LogP contribution in [-0.2, 0) is 46.7 Å². The minimum absolute atomic E-state index is 0.104. The lowest BCUT2D eigenvalue weighted by Gasteiger charge is -2.15. The Morgan fingerprint density at radius 3 is 2.12 bits per heavy atom. The Morgan fingerprint density at radius 1 is 0.881 bits per heavy atom. The van der Waals surface area contributed by atoms with Gasteiger partial charge in [-0.25, -0.2) is 23.0 Å². The van der Waals surface area contributed by atoms with Gasteiger partial charge in [-0.1, -0.05) is 24.3 Å². The van der Waals surface area contributed by atoms with E-state index in [1.54, 1.807) is 50.2 Å². The summed E-state index contributed by atoms with van der Waals surface area (Å²) in [4.78, 5) is 71.1. The number of para-hydroxylation sites is 2. The first-order valence-corrected chi connectivity index (χ1v) is 20.6. The SMILES string of the molecule is Cc1cc(C(=O)NCCOCCNC(=O)CCCc2nc3c([nH]2)c(=O)n(C)c(=O)n3C)cc(C)c1OC(=O)c1c2ccccc2[n+](CCCS(=O)(=O)[O-])c2ccccc12. The topological polar surface area (TPSA) is 227 Å². The van der Waals surface area contributed by atoms with Crippen molar-refractivity contribution in [3.05, 3.63) is 110 Å². The third-order valence-electron chi connectivity index (χ3n) is 9.89. The molecule has 0 bridgehead atoms. The van der Waals surface area contributed by atoms with E-state index in [1.807, 2.05) is 28.8 Å². The summed E-state index contributed by atoms with van der Waals surface area (Å²) < 4.78 is 49.7. The van der Waals surface area contributed by atoms with Crippen molar-refractivity contribution < 1.29 is 41.4 Å². The van der Waals surface area contributed by atoms with Crippen molar-refractivity contribution in [1.29, 1.82) is 0 Å². The van der Waals surface area contributed by atoms with Gasteiger partial charge in [0.05, 0.1) is 39.7 Å². The molecular weight excluding hydrogens is 783 g/mol. The molecule has 0 saturated carbocycles. The number of aromatic nitrogens is 5. The summed E-state index contributed by atoms with van der Waals surface area (Å²) in [5.74, 6) is -0.801. The van der Waals surface area contributed by atoms with Gasteiger partial charge in [0, 0.05) is 69.9 Å². The number of esters is 1. The molecule has 0 aliphatic heterocycles. The van der Waals surface area contributed by atoms with Gasteiger partial charge in [-0.05, 0) is 55.7 Å². The third kappa shape index (κ3) is 9.73. The van der Waals surface area contributed by atoms with Crippen molar-refractivity contribution in [2.45, 2.75) is 46.1 Å². The number of amides is 2. The van der Waals surface area contributed by atoms with E-state index in [2.05, 4.69) is 20.6 Å². The third-order valence-corrected chi connectivity index (χ3v) is 10.7. The zero-order chi connectivity index (χ0) is 42.4. The number of carbonyl (C=O) groups excluding carboxylic acids is 3. The maximum Gasteiger partial charge on any atom is 0.345 e. The van der Waals surface area contributed by atoms with E-state index < -0.39 is 33.1 Å². The van der Waals surface area contributed by atoms with Crippen LogP contribution in [0, 0.1) is 13.8 Å². The van der Waals surface area contributed by atoms with Crippen LogP contribution in [0.1, 0.15) is 56.9 Å². The fraction of sp³-hybridized carbons (Fsp3) is 0.341. The van der Waals surface area contributed by atoms with Crippen LogP contribution in [0.25, 0.3) is 33.0 Å². The van der Waals surface area contributed by atoms with Crippen LogP contribution in [0.2, 0.25) is 0 Å². The fourth-order valence-electron chi connectivity index (χ4n) is 7.06. The summed E-state index contributed by atoms with van der Waals surface area (Å²) in [7, 11) is -1.45. The first-order valence-electron chi connectivity index (χ1n) is 19.0. The number of hydrogen-bond donors (Lipinski definition) is 3. The highest BCUT2D eigenvalue weighted by Gasteiger charge is 2.26. The molecule has 0 fully saturated rings. The zero-order valence-electron chi connectivity index (χ0n) is 33.1. The molecule has 6 aromatic rings. The molecule has 0 aliphatic carbocycles. The van der Waals surface area contributed by atoms with Crippen LogP contribution in [0.15, 0.2) is 70.3 Å². The first kappa shape index (κ1) is 42.4. The molecule has 6 rings (SSSR count). The van der Waals surface area contributed by atoms with Crippen LogP contribution < -0.4 is 31.2 Å². The summed E-state index contributed by atoms with van der Waals surface area (Å²) >= 11 is 0. The largest absolute Gasteiger partial charge is 0.748 e. The molecular formula is C41H45N7O10S. The lowest BCUT2D eigenvalue weighted by molar-refractivity contribution is -0.645. The molecule has 0 saturated heterocycles. The van der Waals surface area contributed by atoms with Gasteiger partial charge < -0.3 is 29.6 Å². The van der Waals surface area contributed by atoms with E-state index in [1.165, 1.54) is 18.7 Å². The van der Waals surface area contributed by atoms with Crippen LogP contribution in [0.3, 0.4) is 0 Å². The Hall–Kier alpha value is -6.24. The van der Waals surface area contributed by atoms with Crippen molar-refractivity contribution in [3.8, 4) is 5.75 Å². The minimum atomic E-state index is -4.39. The van der Waals surface area contributed by atoms with Gasteiger partial charge in [0.1, 0.15) is 17.1 Å². The van der Waals surface area contributed by atoms with Crippen LogP contribution in [0.4, 0.5) is 0 Å². The number of rotatable bonds is 17. The highest BCUT2D eigenvalue weighted by molar-refractivity contribution is 7.85. The highest BCUT2D eigenvalue weighted by Crippen LogP contribution is 2.30. The Labute approximate surface area is 338 Å². The van der Waals surface area contributed by atoms with Crippen molar-refractivity contribution in [3.63, 3.8) is 0 Å². The van der Waals surface area contributed by atoms with Crippen molar-refractivity contribution >= 4 is 60.9 Å². The molecule has 18 heteroatoms. The maximum absolute atomic E-state index is 14.0. The highest BCUT2D eigenvalue weighted by atomic mass is 32.2. The summed E-state index contributed by atoms with van der Waals surface area (Å²) in [6, 6.07) is 17.7. The molecule has 3 aromatic heterocycles. The lowest BCUT2D eigenvalue weighted by atomic mass is 10.0. The Morgan fingerprint density at radius 2 is 1.49 bits per heavy atom. The average Bonchev–Trinajstić information content (AvgIpc) is 3.63. The molecule has 3 aromatic carbocycles. The number of pyridine rings is 1. The van der Waals surface area contributed by atoms with Gasteiger partial charge >= 0.3 is 11.7 Å². The monoisotopic (exact) mass is 827 g/mol. The van der Waals surface area contributed by atoms with Gasteiger partial charge in [-0.2, -0.15) is 4.57 Å². The number of aryl methyl sites for hydroxylation is 5. The molecule has 3 heterocycles. The zero-order valence-corrected chi connectivity index (χ0v) is 33.9. The Kier molecular flexibility index (Phi) is 13.0. The van der Waals surface area contributed by atoms with Gasteiger partial charge in [0.2, 0.25) is 16.9 Å². The number of ether oxygens (including phenoxy) is 2. The fourth-order valence-corrected chi connectivity index (χ4v) is 7.55. The van der Waals surface area contributed by atoms with E-state index >= 15 is 0 Å². The number of hydrogen-bond acceptors (Lipinski definition) is 11. The van der Waals surface area contributed by atoms with Crippen molar-refractivity contribution in [1.82, 2.24) is 29.7 Å². The number of fused-ring (bicyclic) bond motifs is 3. The number of carbonyl (C=O) groups is 3. The van der Waals surface area contributed by atoms with Crippen LogP contribution in [-0.4, -0.2) is 81.9 Å². The lowest BCUT2D eigenvalue weighted by Crippen LogP contribution is -2.37. The van der Waals surface area contributed by atoms with E-state index in [0.29, 0.717) is 68.5 Å². The predicted molar refractivity (Wildman–Crippen MR) is 217 cm³/mol. The summed E-state index contributed by atoms with van der Waals surface area (Å²) in [6.07, 6.45) is 1.22. The molecule has 59 heavy (non-hydrogen) atoms. The maximum atomic E-state index is 14.0. The standard InChI is InChI=1S/C41H45N7O10S/c1-25-23-27(38(50)43-18-21-57-20-17-42-33(49)16-9-15-32-44-35-37(45-32)46(3)41(53)47(4)39(35)51)24-26(2)36(25)58-40(52)34-28-11-5-7-13-30(28)48(19-10-22-59(54,55)56)31-14-8-6-12-29(31)34/h5-8,11-14,23-24H,9-10,15-22H2,1-4H3,(H3-,42,43,44,45,49,50,51,54,55,56).